The number of aliphatic hydroxyl groups is 1. The van der Waals surface area contributed by atoms with E-state index in [0.717, 1.165) is 25.8 Å². The normalized spacial score (nSPS) is 21.5. The lowest BCUT2D eigenvalue weighted by Gasteiger charge is -2.35. The lowest BCUT2D eigenvalue weighted by molar-refractivity contribution is -0.138. The van der Waals surface area contributed by atoms with Crippen LogP contribution in [0, 0.1) is 0 Å². The molecule has 1 rings (SSSR count). The summed E-state index contributed by atoms with van der Waals surface area (Å²) in [5.74, 6) is -0.144. The highest BCUT2D eigenvalue weighted by Crippen LogP contribution is 2.19. The van der Waals surface area contributed by atoms with Crippen LogP contribution in [0.15, 0.2) is 0 Å². The van der Waals surface area contributed by atoms with Gasteiger partial charge in [0.2, 0.25) is 5.91 Å². The van der Waals surface area contributed by atoms with Crippen LogP contribution in [0.5, 0.6) is 0 Å². The van der Waals surface area contributed by atoms with E-state index in [-0.39, 0.29) is 24.7 Å². The quantitative estimate of drug-likeness (QED) is 0.770. The molecule has 0 unspecified atom stereocenters. The molecule has 1 N–H and O–H groups in total. The molecule has 0 aromatic rings. The van der Waals surface area contributed by atoms with Crippen LogP contribution in [0.25, 0.3) is 0 Å². The molecule has 0 saturated carbocycles. The molecule has 0 bridgehead atoms. The summed E-state index contributed by atoms with van der Waals surface area (Å²) in [5.41, 5.74) is 0. The van der Waals surface area contributed by atoms with Crippen LogP contribution in [0.1, 0.15) is 39.5 Å². The largest absolute Gasteiger partial charge is 0.387 e. The minimum absolute atomic E-state index is 0.144. The first-order valence-electron chi connectivity index (χ1n) is 6.17. The van der Waals surface area contributed by atoms with E-state index in [0.29, 0.717) is 6.61 Å². The number of hydrogen-bond acceptors (Lipinski definition) is 3. The topological polar surface area (TPSA) is 49.8 Å². The number of hydrogen-bond donors (Lipinski definition) is 1. The Hall–Kier alpha value is -0.610. The first kappa shape index (κ1) is 13.5. The highest BCUT2D eigenvalue weighted by Gasteiger charge is 2.25. The highest BCUT2D eigenvalue weighted by atomic mass is 16.5. The SMILES string of the molecule is CC(C)OCC[C@H]1CCCCN1C(=O)CO. The molecule has 1 fully saturated rings. The molecule has 4 heteroatoms. The molecule has 94 valence electrons. The number of amides is 1. The molecule has 0 spiro atoms. The van der Waals surface area contributed by atoms with E-state index < -0.39 is 0 Å². The number of aliphatic hydroxyl groups excluding tert-OH is 1. The van der Waals surface area contributed by atoms with Crippen LogP contribution < -0.4 is 0 Å². The summed E-state index contributed by atoms with van der Waals surface area (Å²) in [4.78, 5) is 13.3. The van der Waals surface area contributed by atoms with Gasteiger partial charge in [0.1, 0.15) is 6.61 Å². The molecule has 0 aromatic carbocycles. The van der Waals surface area contributed by atoms with Crippen LogP contribution in [-0.2, 0) is 9.53 Å². The van der Waals surface area contributed by atoms with Crippen molar-refractivity contribution in [3.8, 4) is 0 Å². The van der Waals surface area contributed by atoms with E-state index >= 15 is 0 Å². The standard InChI is InChI=1S/C12H23NO3/c1-10(2)16-8-6-11-5-3-4-7-13(11)12(15)9-14/h10-11,14H,3-9H2,1-2H3/t11-/m1/s1. The zero-order valence-electron chi connectivity index (χ0n) is 10.3. The summed E-state index contributed by atoms with van der Waals surface area (Å²) in [7, 11) is 0. The van der Waals surface area contributed by atoms with Gasteiger partial charge in [0.15, 0.2) is 0 Å². The van der Waals surface area contributed by atoms with Gasteiger partial charge in [0, 0.05) is 19.2 Å². The monoisotopic (exact) mass is 229 g/mol. The summed E-state index contributed by atoms with van der Waals surface area (Å²) < 4.78 is 5.51. The third kappa shape index (κ3) is 4.10. The van der Waals surface area contributed by atoms with Gasteiger partial charge >= 0.3 is 0 Å². The van der Waals surface area contributed by atoms with Gasteiger partial charge in [-0.1, -0.05) is 0 Å². The van der Waals surface area contributed by atoms with Gasteiger partial charge in [-0.15, -0.1) is 0 Å². The van der Waals surface area contributed by atoms with Gasteiger partial charge in [0.25, 0.3) is 0 Å². The molecule has 1 aliphatic rings. The van der Waals surface area contributed by atoms with E-state index in [4.69, 9.17) is 9.84 Å². The second-order valence-corrected chi connectivity index (χ2v) is 4.60. The van der Waals surface area contributed by atoms with Crippen LogP contribution in [-0.4, -0.2) is 47.8 Å². The van der Waals surface area contributed by atoms with Crippen molar-refractivity contribution in [3.63, 3.8) is 0 Å². The fourth-order valence-corrected chi connectivity index (χ4v) is 2.16. The zero-order chi connectivity index (χ0) is 12.0. The molecular formula is C12H23NO3. The number of rotatable bonds is 5. The Bertz CT molecular complexity index is 218. The summed E-state index contributed by atoms with van der Waals surface area (Å²) >= 11 is 0. The zero-order valence-corrected chi connectivity index (χ0v) is 10.3. The van der Waals surface area contributed by atoms with Gasteiger partial charge in [-0.2, -0.15) is 0 Å². The molecule has 1 atom stereocenters. The van der Waals surface area contributed by atoms with Crippen molar-refractivity contribution >= 4 is 5.91 Å². The summed E-state index contributed by atoms with van der Waals surface area (Å²) in [6.45, 7) is 5.12. The van der Waals surface area contributed by atoms with Crippen LogP contribution in [0.4, 0.5) is 0 Å². The fourth-order valence-electron chi connectivity index (χ4n) is 2.16. The van der Waals surface area contributed by atoms with Gasteiger partial charge in [-0.3, -0.25) is 4.79 Å². The number of carbonyl (C=O) groups excluding carboxylic acids is 1. The average Bonchev–Trinajstić information content (AvgIpc) is 2.28. The Morgan fingerprint density at radius 2 is 2.25 bits per heavy atom. The molecule has 0 radical (unpaired) electrons. The second kappa shape index (κ2) is 6.86. The third-order valence-corrected chi connectivity index (χ3v) is 2.99. The van der Waals surface area contributed by atoms with Crippen molar-refractivity contribution in [2.24, 2.45) is 0 Å². The number of likely N-dealkylation sites (tertiary alicyclic amines) is 1. The van der Waals surface area contributed by atoms with Crippen molar-refractivity contribution in [2.75, 3.05) is 19.8 Å². The van der Waals surface area contributed by atoms with Crippen molar-refractivity contribution < 1.29 is 14.6 Å². The van der Waals surface area contributed by atoms with Gasteiger partial charge in [-0.25, -0.2) is 0 Å². The summed E-state index contributed by atoms with van der Waals surface area (Å²) in [5, 5.41) is 8.90. The van der Waals surface area contributed by atoms with Gasteiger partial charge < -0.3 is 14.7 Å². The van der Waals surface area contributed by atoms with E-state index in [1.54, 1.807) is 0 Å². The van der Waals surface area contributed by atoms with Crippen molar-refractivity contribution in [3.05, 3.63) is 0 Å². The molecule has 1 aliphatic heterocycles. The molecule has 4 nitrogen and oxygen atoms in total. The Balaban J connectivity index is 2.38. The Labute approximate surface area is 97.6 Å². The number of nitrogens with zero attached hydrogens (tertiary/aromatic N) is 1. The minimum atomic E-state index is -0.373. The van der Waals surface area contributed by atoms with Crippen LogP contribution >= 0.6 is 0 Å². The Morgan fingerprint density at radius 1 is 1.50 bits per heavy atom. The lowest BCUT2D eigenvalue weighted by Crippen LogP contribution is -2.45. The van der Waals surface area contributed by atoms with Gasteiger partial charge in [-0.05, 0) is 39.5 Å². The van der Waals surface area contributed by atoms with Crippen molar-refractivity contribution in [1.82, 2.24) is 4.90 Å². The molecule has 1 saturated heterocycles. The van der Waals surface area contributed by atoms with Gasteiger partial charge in [0.05, 0.1) is 6.10 Å². The van der Waals surface area contributed by atoms with Crippen molar-refractivity contribution in [1.29, 1.82) is 0 Å². The molecule has 0 aromatic heterocycles. The molecule has 1 heterocycles. The lowest BCUT2D eigenvalue weighted by atomic mass is 9.99. The maximum Gasteiger partial charge on any atom is 0.248 e. The van der Waals surface area contributed by atoms with Crippen molar-refractivity contribution in [2.45, 2.75) is 51.7 Å². The second-order valence-electron chi connectivity index (χ2n) is 4.60. The molecule has 0 aliphatic carbocycles. The van der Waals surface area contributed by atoms with Crippen LogP contribution in [0.3, 0.4) is 0 Å². The smallest absolute Gasteiger partial charge is 0.248 e. The fraction of sp³-hybridized carbons (Fsp3) is 0.917. The number of carbonyl (C=O) groups is 1. The van der Waals surface area contributed by atoms with E-state index in [2.05, 4.69) is 0 Å². The third-order valence-electron chi connectivity index (χ3n) is 2.99. The molecule has 1 amide bonds. The predicted molar refractivity (Wildman–Crippen MR) is 62.1 cm³/mol. The summed E-state index contributed by atoms with van der Waals surface area (Å²) in [6.07, 6.45) is 4.37. The Kier molecular flexibility index (Phi) is 5.77. The Morgan fingerprint density at radius 3 is 2.88 bits per heavy atom. The summed E-state index contributed by atoms with van der Waals surface area (Å²) in [6, 6.07) is 0.257. The first-order valence-corrected chi connectivity index (χ1v) is 6.17. The minimum Gasteiger partial charge on any atom is -0.387 e. The highest BCUT2D eigenvalue weighted by molar-refractivity contribution is 5.77. The van der Waals surface area contributed by atoms with E-state index in [1.807, 2.05) is 18.7 Å². The number of ether oxygens (including phenoxy) is 1. The number of piperidine rings is 1. The first-order chi connectivity index (χ1) is 7.65. The average molecular weight is 229 g/mol. The maximum atomic E-state index is 11.5. The maximum absolute atomic E-state index is 11.5. The molecular weight excluding hydrogens is 206 g/mol. The van der Waals surface area contributed by atoms with E-state index in [1.165, 1.54) is 6.42 Å². The van der Waals surface area contributed by atoms with E-state index in [9.17, 15) is 4.79 Å². The van der Waals surface area contributed by atoms with Crippen LogP contribution in [0.2, 0.25) is 0 Å². The predicted octanol–water partition coefficient (Wildman–Crippen LogP) is 1.17. The molecule has 16 heavy (non-hydrogen) atoms.